The molecule has 9 aromatic rings. The molecule has 45 heavy (non-hydrogen) atoms. The topological polar surface area (TPSA) is 65.0 Å². The summed E-state index contributed by atoms with van der Waals surface area (Å²) in [5.74, 6) is -0.563. The number of rotatable bonds is 5. The van der Waals surface area contributed by atoms with Crippen molar-refractivity contribution in [2.24, 2.45) is 0 Å². The van der Waals surface area contributed by atoms with Gasteiger partial charge in [-0.1, -0.05) is 115 Å². The molecule has 212 valence electrons. The zero-order valence-corrected chi connectivity index (χ0v) is 23.4. The highest BCUT2D eigenvalue weighted by atomic mass is 16.3. The van der Waals surface area contributed by atoms with Crippen molar-refractivity contribution in [3.8, 4) is 33.9 Å². The molecule has 0 saturated carbocycles. The summed E-state index contributed by atoms with van der Waals surface area (Å²) in [6.45, 7) is 0. The zero-order valence-electron chi connectivity index (χ0n) is 33.4. The molecule has 5 heteroatoms. The first kappa shape index (κ1) is 17.3. The molecule has 3 aromatic heterocycles. The van der Waals surface area contributed by atoms with E-state index in [1.165, 1.54) is 0 Å². The molecule has 9 rings (SSSR count). The third-order valence-electron chi connectivity index (χ3n) is 7.77. The first-order chi connectivity index (χ1) is 26.4. The molecule has 0 aliphatic carbocycles. The number of nitrogens with zero attached hydrogens (tertiary/aromatic N) is 3. The van der Waals surface area contributed by atoms with Crippen molar-refractivity contribution in [1.82, 2.24) is 15.0 Å². The van der Waals surface area contributed by atoms with Gasteiger partial charge in [0.05, 0.1) is 13.7 Å². The summed E-state index contributed by atoms with van der Waals surface area (Å²) in [6.07, 6.45) is 0.00912. The van der Waals surface area contributed by atoms with Gasteiger partial charge in [-0.2, -0.15) is 0 Å². The van der Waals surface area contributed by atoms with Crippen molar-refractivity contribution in [3.05, 3.63) is 151 Å². The van der Waals surface area contributed by atoms with Gasteiger partial charge in [-0.3, -0.25) is 0 Å². The maximum Gasteiger partial charge on any atom is 0.163 e. The monoisotopic (exact) mass is 589 g/mol. The third-order valence-corrected chi connectivity index (χ3v) is 7.77. The number of hydrogen-bond acceptors (Lipinski definition) is 5. The van der Waals surface area contributed by atoms with Crippen molar-refractivity contribution < 1.29 is 22.5 Å². The molecule has 0 aliphatic rings. The van der Waals surface area contributed by atoms with E-state index in [0.717, 1.165) is 43.8 Å². The Morgan fingerprint density at radius 1 is 0.533 bits per heavy atom. The number of para-hydroxylation sites is 2. The van der Waals surface area contributed by atoms with Crippen LogP contribution >= 0.6 is 0 Å². The Bertz CT molecular complexity index is 2960. The van der Waals surface area contributed by atoms with Crippen LogP contribution in [0.5, 0.6) is 0 Å². The van der Waals surface area contributed by atoms with Crippen molar-refractivity contribution >= 4 is 43.9 Å². The molecule has 0 fully saturated rings. The molecule has 0 aliphatic heterocycles. The Balaban J connectivity index is 1.25. The number of fused-ring (bicyclic) bond motifs is 6. The maximum absolute atomic E-state index is 8.62. The van der Waals surface area contributed by atoms with E-state index in [-0.39, 0.29) is 35.0 Å². The Kier molecular flexibility index (Phi) is 3.95. The molecule has 0 atom stereocenters. The second-order valence-corrected chi connectivity index (χ2v) is 10.5. The molecule has 0 unspecified atom stereocenters. The van der Waals surface area contributed by atoms with E-state index in [1.54, 1.807) is 0 Å². The predicted octanol–water partition coefficient (Wildman–Crippen LogP) is 10.3. The molecule has 3 heterocycles. The van der Waals surface area contributed by atoms with Crippen LogP contribution in [0.25, 0.3) is 77.8 Å². The lowest BCUT2D eigenvalue weighted by atomic mass is 9.98. The fourth-order valence-corrected chi connectivity index (χ4v) is 5.81. The summed E-state index contributed by atoms with van der Waals surface area (Å²) < 4.78 is 96.3. The van der Waals surface area contributed by atoms with Crippen molar-refractivity contribution in [2.45, 2.75) is 6.42 Å². The van der Waals surface area contributed by atoms with Gasteiger partial charge in [0.15, 0.2) is 11.6 Å². The van der Waals surface area contributed by atoms with Crippen LogP contribution in [0.3, 0.4) is 0 Å². The minimum atomic E-state index is -0.605. The Morgan fingerprint density at radius 3 is 1.98 bits per heavy atom. The van der Waals surface area contributed by atoms with E-state index in [9.17, 15) is 0 Å². The maximum atomic E-state index is 8.62. The smallest absolute Gasteiger partial charge is 0.163 e. The molecule has 0 spiro atoms. The lowest BCUT2D eigenvalue weighted by Gasteiger charge is -2.09. The lowest BCUT2D eigenvalue weighted by molar-refractivity contribution is 0.668. The van der Waals surface area contributed by atoms with Crippen LogP contribution in [0.1, 0.15) is 25.1 Å². The van der Waals surface area contributed by atoms with Crippen LogP contribution in [0.4, 0.5) is 0 Å². The predicted molar refractivity (Wildman–Crippen MR) is 180 cm³/mol. The first-order valence-corrected chi connectivity index (χ1v) is 14.2. The van der Waals surface area contributed by atoms with E-state index < -0.39 is 60.4 Å². The van der Waals surface area contributed by atoms with Gasteiger partial charge < -0.3 is 8.83 Å². The van der Waals surface area contributed by atoms with E-state index in [4.69, 9.17) is 22.5 Å². The number of hydrogen-bond donors (Lipinski definition) is 0. The van der Waals surface area contributed by atoms with Gasteiger partial charge in [-0.25, -0.2) is 15.0 Å². The number of benzene rings is 6. The molecule has 0 N–H and O–H groups in total. The molecule has 0 saturated heterocycles. The second-order valence-electron chi connectivity index (χ2n) is 10.5. The second kappa shape index (κ2) is 10.3. The number of furan rings is 2. The van der Waals surface area contributed by atoms with Gasteiger partial charge in [0.2, 0.25) is 0 Å². The first-order valence-electron chi connectivity index (χ1n) is 19.2. The van der Waals surface area contributed by atoms with Crippen molar-refractivity contribution in [1.29, 1.82) is 0 Å². The summed E-state index contributed by atoms with van der Waals surface area (Å²) in [7, 11) is 0. The Morgan fingerprint density at radius 2 is 1.20 bits per heavy atom. The molecule has 0 amide bonds. The highest BCUT2D eigenvalue weighted by Gasteiger charge is 2.17. The highest BCUT2D eigenvalue weighted by molar-refractivity contribution is 6.12. The van der Waals surface area contributed by atoms with Crippen LogP contribution in [0.2, 0.25) is 0 Å². The molecule has 5 nitrogen and oxygen atoms in total. The fraction of sp³-hybridized carbons (Fsp3) is 0.0250. The third kappa shape index (κ3) is 4.36. The molecule has 0 bridgehead atoms. The quantitative estimate of drug-likeness (QED) is 0.200. The molecule has 6 aromatic carbocycles. The average molecular weight is 590 g/mol. The Hall–Kier alpha value is -6.07. The SMILES string of the molecule is [2H]c1c([2H])c([2H])c(-c2nc(Cc3cccc4oc5ccc(-c6cccc7c6oc6ccccc67)cc5c34)nc(-c3c([2H])c([2H])c([2H])c([2H])c3[2H])n2)c([2H])c1[2H]. The minimum Gasteiger partial charge on any atom is -0.456 e. The largest absolute Gasteiger partial charge is 0.456 e. The number of aromatic nitrogens is 3. The summed E-state index contributed by atoms with van der Waals surface area (Å²) >= 11 is 0. The average Bonchev–Trinajstić information content (AvgIpc) is 3.77. The van der Waals surface area contributed by atoms with E-state index in [1.807, 2.05) is 78.9 Å². The highest BCUT2D eigenvalue weighted by Crippen LogP contribution is 2.39. The fourth-order valence-electron chi connectivity index (χ4n) is 5.81. The van der Waals surface area contributed by atoms with Crippen LogP contribution in [-0.4, -0.2) is 15.0 Å². The van der Waals surface area contributed by atoms with Gasteiger partial charge in [-0.05, 0) is 35.4 Å². The van der Waals surface area contributed by atoms with Crippen LogP contribution in [-0.2, 0) is 6.42 Å². The van der Waals surface area contributed by atoms with Gasteiger partial charge in [0, 0.05) is 44.7 Å². The molecule has 0 radical (unpaired) electrons. The zero-order chi connectivity index (χ0) is 38.4. The lowest BCUT2D eigenvalue weighted by Crippen LogP contribution is -2.04. The molecular weight excluding hydrogens is 554 g/mol. The van der Waals surface area contributed by atoms with Crippen molar-refractivity contribution in [2.75, 3.05) is 0 Å². The van der Waals surface area contributed by atoms with Crippen LogP contribution < -0.4 is 0 Å². The summed E-state index contributed by atoms with van der Waals surface area (Å²) in [6, 6.07) is 19.4. The van der Waals surface area contributed by atoms with Gasteiger partial charge in [0.1, 0.15) is 28.2 Å². The van der Waals surface area contributed by atoms with Crippen LogP contribution in [0.15, 0.2) is 148 Å². The minimum absolute atomic E-state index is 0.00912. The van der Waals surface area contributed by atoms with Gasteiger partial charge in [-0.15, -0.1) is 0 Å². The summed E-state index contributed by atoms with van der Waals surface area (Å²) in [4.78, 5) is 13.6. The van der Waals surface area contributed by atoms with E-state index in [2.05, 4.69) is 15.0 Å². The molecular formula is C40H25N3O2. The van der Waals surface area contributed by atoms with E-state index >= 15 is 0 Å². The van der Waals surface area contributed by atoms with Crippen molar-refractivity contribution in [3.63, 3.8) is 0 Å². The normalized spacial score (nSPS) is 14.8. The van der Waals surface area contributed by atoms with Gasteiger partial charge in [0.25, 0.3) is 0 Å². The Labute approximate surface area is 272 Å². The standard InChI is InChI=1S/C40H25N3O2/c1-3-11-25(12-4-1)39-41-36(42-40(43-39)26-13-5-2-6-14-26)24-28-15-9-20-35-37(28)32-23-27(21-22-34(32)44-35)29-17-10-18-31-30-16-7-8-19-33(30)45-38(29)31/h1-23H,24H2/i1D,2D,3D,4D,5D,6D,11D,12D,13D,14D. The van der Waals surface area contributed by atoms with Gasteiger partial charge >= 0.3 is 0 Å². The van der Waals surface area contributed by atoms with E-state index in [0.29, 0.717) is 16.7 Å². The summed E-state index contributed by atoms with van der Waals surface area (Å²) in [5.41, 5.74) is 4.59. The summed E-state index contributed by atoms with van der Waals surface area (Å²) in [5, 5.41) is 3.55. The van der Waals surface area contributed by atoms with Crippen LogP contribution in [0, 0.1) is 0 Å².